The molecule has 11 nitrogen and oxygen atoms in total. The molecule has 2 amide bonds. The molecular formula is C36H41F9N6O5. The second-order valence-corrected chi connectivity index (χ2v) is 14.2. The molecule has 1 saturated heterocycles. The lowest BCUT2D eigenvalue weighted by Gasteiger charge is -2.34. The number of halogens is 9. The van der Waals surface area contributed by atoms with Crippen LogP contribution in [0.3, 0.4) is 0 Å². The van der Waals surface area contributed by atoms with E-state index in [1.165, 1.54) is 26.2 Å². The molecule has 0 aliphatic carbocycles. The zero-order valence-corrected chi connectivity index (χ0v) is 31.0. The van der Waals surface area contributed by atoms with Crippen LogP contribution in [0.25, 0.3) is 0 Å². The lowest BCUT2D eigenvalue weighted by Crippen LogP contribution is -2.59. The molecule has 20 heteroatoms. The average Bonchev–Trinajstić information content (AvgIpc) is 3.10. The molecule has 1 atom stereocenters. The van der Waals surface area contributed by atoms with Gasteiger partial charge < -0.3 is 29.7 Å². The second-order valence-electron chi connectivity index (χ2n) is 14.2. The minimum absolute atomic E-state index is 0.0540. The van der Waals surface area contributed by atoms with Gasteiger partial charge in [0.25, 0.3) is 0 Å². The van der Waals surface area contributed by atoms with Gasteiger partial charge >= 0.3 is 30.5 Å². The Morgan fingerprint density at radius 1 is 0.839 bits per heavy atom. The Hall–Kier alpha value is -4.85. The van der Waals surface area contributed by atoms with Gasteiger partial charge in [-0.15, -0.1) is 0 Å². The first-order valence-corrected chi connectivity index (χ1v) is 17.2. The first-order valence-electron chi connectivity index (χ1n) is 17.2. The molecule has 56 heavy (non-hydrogen) atoms. The number of ether oxygens (including phenoxy) is 2. The minimum atomic E-state index is -5.19. The maximum Gasteiger partial charge on any atom is 0.416 e. The standard InChI is InChI=1S/C36H41F9N6O5/c1-6-51(31(54)48-33(5,29(52)53)21-56-32(2,3)4)28-8-7-24(34(37,38)39)15-23(28)20-50(30-46-17-27(18-47-30)49-9-11-55-12-10-49)19-22-13-25(35(40,41)42)16-26(14-22)36(43,44)45/h7-8,13-18H,6,9-12,19-21H2,1-5H3,(H,48,54)(H,52,53). The number of amides is 2. The number of hydrogen-bond acceptors (Lipinski definition) is 8. The molecule has 0 bridgehead atoms. The van der Waals surface area contributed by atoms with Crippen LogP contribution in [0.5, 0.6) is 0 Å². The van der Waals surface area contributed by atoms with E-state index < -0.39 is 83.6 Å². The zero-order chi connectivity index (χ0) is 41.9. The second kappa shape index (κ2) is 16.7. The number of benzene rings is 2. The monoisotopic (exact) mass is 808 g/mol. The number of alkyl halides is 9. The molecule has 0 spiro atoms. The van der Waals surface area contributed by atoms with E-state index >= 15 is 0 Å². The summed E-state index contributed by atoms with van der Waals surface area (Å²) in [5.41, 5.74) is -7.74. The number of carbonyl (C=O) groups excluding carboxylic acids is 1. The van der Waals surface area contributed by atoms with E-state index in [2.05, 4.69) is 15.3 Å². The number of carbonyl (C=O) groups is 2. The van der Waals surface area contributed by atoms with Crippen molar-refractivity contribution in [1.29, 1.82) is 0 Å². The molecular weight excluding hydrogens is 767 g/mol. The van der Waals surface area contributed by atoms with Crippen molar-refractivity contribution in [3.63, 3.8) is 0 Å². The van der Waals surface area contributed by atoms with Crippen LogP contribution in [0.15, 0.2) is 48.8 Å². The van der Waals surface area contributed by atoms with Gasteiger partial charge in [0.05, 0.1) is 65.9 Å². The van der Waals surface area contributed by atoms with Crippen molar-refractivity contribution in [3.8, 4) is 0 Å². The van der Waals surface area contributed by atoms with E-state index in [4.69, 9.17) is 9.47 Å². The van der Waals surface area contributed by atoms with Gasteiger partial charge in [0.15, 0.2) is 5.54 Å². The Bertz CT molecular complexity index is 1810. The number of nitrogens with one attached hydrogen (secondary N) is 1. The summed E-state index contributed by atoms with van der Waals surface area (Å²) in [5.74, 6) is -1.76. The highest BCUT2D eigenvalue weighted by Gasteiger charge is 2.40. The SMILES string of the molecule is CCN(C(=O)NC(C)(COC(C)(C)C)C(=O)O)c1ccc(C(F)(F)F)cc1CN(Cc1cc(C(F)(F)F)cc(C(F)(F)F)c1)c1ncc(N2CCOCC2)cn1. The zero-order valence-electron chi connectivity index (χ0n) is 31.0. The van der Waals surface area contributed by atoms with Crippen molar-refractivity contribution in [3.05, 3.63) is 76.6 Å². The Kier molecular flexibility index (Phi) is 13.1. The smallest absolute Gasteiger partial charge is 0.416 e. The quantitative estimate of drug-likeness (QED) is 0.177. The summed E-state index contributed by atoms with van der Waals surface area (Å²) in [7, 11) is 0. The lowest BCUT2D eigenvalue weighted by atomic mass is 10.0. The van der Waals surface area contributed by atoms with Gasteiger partial charge in [-0.3, -0.25) is 4.90 Å². The fourth-order valence-corrected chi connectivity index (χ4v) is 5.59. The summed E-state index contributed by atoms with van der Waals surface area (Å²) in [6.07, 6.45) is -12.6. The summed E-state index contributed by atoms with van der Waals surface area (Å²) < 4.78 is 136. The number of aliphatic carboxylic acids is 1. The molecule has 4 rings (SSSR count). The van der Waals surface area contributed by atoms with Crippen LogP contribution >= 0.6 is 0 Å². The third-order valence-corrected chi connectivity index (χ3v) is 8.57. The molecule has 2 heterocycles. The number of nitrogens with zero attached hydrogens (tertiary/aromatic N) is 5. The van der Waals surface area contributed by atoms with Crippen molar-refractivity contribution >= 4 is 29.3 Å². The third-order valence-electron chi connectivity index (χ3n) is 8.57. The fraction of sp³-hybridized carbons (Fsp3) is 0.500. The molecule has 0 radical (unpaired) electrons. The van der Waals surface area contributed by atoms with Crippen LogP contribution in [-0.4, -0.2) is 77.7 Å². The van der Waals surface area contributed by atoms with Crippen molar-refractivity contribution in [2.24, 2.45) is 0 Å². The number of morpholine rings is 1. The number of hydrogen-bond donors (Lipinski definition) is 2. The largest absolute Gasteiger partial charge is 0.479 e. The van der Waals surface area contributed by atoms with Gasteiger partial charge in [0.2, 0.25) is 5.95 Å². The molecule has 1 aromatic heterocycles. The predicted octanol–water partition coefficient (Wildman–Crippen LogP) is 7.77. The lowest BCUT2D eigenvalue weighted by molar-refractivity contribution is -0.149. The number of aromatic nitrogens is 2. The van der Waals surface area contributed by atoms with E-state index in [1.54, 1.807) is 20.8 Å². The molecule has 1 aliphatic heterocycles. The summed E-state index contributed by atoms with van der Waals surface area (Å²) in [6.45, 7) is 7.11. The first kappa shape index (κ1) is 43.9. The van der Waals surface area contributed by atoms with Crippen LogP contribution in [0.1, 0.15) is 62.4 Å². The Balaban J connectivity index is 1.84. The maximum absolute atomic E-state index is 14.1. The maximum atomic E-state index is 14.1. The van der Waals surface area contributed by atoms with Crippen LogP contribution in [0, 0.1) is 0 Å². The third kappa shape index (κ3) is 11.4. The van der Waals surface area contributed by atoms with Gasteiger partial charge in [-0.05, 0) is 82.1 Å². The Morgan fingerprint density at radius 3 is 1.88 bits per heavy atom. The van der Waals surface area contributed by atoms with E-state index in [0.717, 1.165) is 15.9 Å². The summed E-state index contributed by atoms with van der Waals surface area (Å²) in [4.78, 5) is 38.5. The van der Waals surface area contributed by atoms with E-state index in [0.29, 0.717) is 56.3 Å². The molecule has 0 saturated carbocycles. The molecule has 308 valence electrons. The van der Waals surface area contributed by atoms with Gasteiger partial charge in [-0.25, -0.2) is 19.6 Å². The summed E-state index contributed by atoms with van der Waals surface area (Å²) >= 11 is 0. The normalized spacial score (nSPS) is 15.3. The Labute approximate surface area is 316 Å². The molecule has 1 unspecified atom stereocenters. The van der Waals surface area contributed by atoms with Crippen molar-refractivity contribution in [2.75, 3.05) is 54.2 Å². The van der Waals surface area contributed by atoms with Gasteiger partial charge in [-0.1, -0.05) is 0 Å². The molecule has 2 aromatic carbocycles. The van der Waals surface area contributed by atoms with Crippen molar-refractivity contribution in [2.45, 2.75) is 77.4 Å². The van der Waals surface area contributed by atoms with E-state index in [1.807, 2.05) is 4.90 Å². The molecule has 2 N–H and O–H groups in total. The van der Waals surface area contributed by atoms with Crippen LogP contribution in [-0.2, 0) is 45.9 Å². The number of urea groups is 1. The minimum Gasteiger partial charge on any atom is -0.479 e. The molecule has 3 aromatic rings. The highest BCUT2D eigenvalue weighted by Crippen LogP contribution is 2.38. The molecule has 1 aliphatic rings. The Morgan fingerprint density at radius 2 is 1.39 bits per heavy atom. The number of anilines is 3. The number of rotatable bonds is 12. The molecule has 1 fully saturated rings. The van der Waals surface area contributed by atoms with Crippen LogP contribution in [0.4, 0.5) is 61.6 Å². The van der Waals surface area contributed by atoms with Crippen molar-refractivity contribution in [1.82, 2.24) is 15.3 Å². The highest BCUT2D eigenvalue weighted by molar-refractivity contribution is 5.96. The van der Waals surface area contributed by atoms with E-state index in [-0.39, 0.29) is 29.8 Å². The van der Waals surface area contributed by atoms with Crippen LogP contribution < -0.4 is 20.0 Å². The van der Waals surface area contributed by atoms with E-state index in [9.17, 15) is 54.2 Å². The average molecular weight is 809 g/mol. The van der Waals surface area contributed by atoms with Gasteiger partial charge in [0, 0.05) is 32.7 Å². The highest BCUT2D eigenvalue weighted by atomic mass is 19.4. The van der Waals surface area contributed by atoms with Gasteiger partial charge in [-0.2, -0.15) is 39.5 Å². The van der Waals surface area contributed by atoms with Crippen LogP contribution in [0.2, 0.25) is 0 Å². The predicted molar refractivity (Wildman–Crippen MR) is 186 cm³/mol. The summed E-state index contributed by atoms with van der Waals surface area (Å²) in [5, 5.41) is 12.4. The van der Waals surface area contributed by atoms with Crippen molar-refractivity contribution < 1.29 is 63.7 Å². The first-order chi connectivity index (χ1) is 25.8. The number of carboxylic acid groups (broad SMARTS) is 1. The number of carboxylic acids is 1. The van der Waals surface area contributed by atoms with Gasteiger partial charge in [0.1, 0.15) is 0 Å². The summed E-state index contributed by atoms with van der Waals surface area (Å²) in [6, 6.07) is 2.16. The topological polar surface area (TPSA) is 120 Å². The fourth-order valence-electron chi connectivity index (χ4n) is 5.59.